The van der Waals surface area contributed by atoms with Crippen LogP contribution in [0.4, 0.5) is 5.69 Å². The number of sulfonamides is 1. The molecule has 2 heterocycles. The standard InChI is InChI=1S/C20H21N3O3S/c1-26-20-9-7-19(8-10-20)22-12-14-23(15-13-22)27(24,25)16-3-2-5-18-6-4-11-21-17-18/h3-4,6-11,16-17H,12-15H2,1H3/b16-3+. The van der Waals surface area contributed by atoms with Crippen molar-refractivity contribution in [3.05, 3.63) is 65.8 Å². The summed E-state index contributed by atoms with van der Waals surface area (Å²) in [6, 6.07) is 11.4. The third kappa shape index (κ3) is 5.09. The quantitative estimate of drug-likeness (QED) is 0.757. The minimum atomic E-state index is -3.47. The zero-order valence-electron chi connectivity index (χ0n) is 15.1. The molecule has 1 saturated heterocycles. The Bertz CT molecular complexity index is 937. The second-order valence-electron chi connectivity index (χ2n) is 5.94. The highest BCUT2D eigenvalue weighted by Gasteiger charge is 2.25. The number of piperazine rings is 1. The molecule has 1 aliphatic heterocycles. The summed E-state index contributed by atoms with van der Waals surface area (Å²) in [4.78, 5) is 6.13. The van der Waals surface area contributed by atoms with Crippen LogP contribution in [0.1, 0.15) is 5.56 Å². The van der Waals surface area contributed by atoms with E-state index in [-0.39, 0.29) is 0 Å². The van der Waals surface area contributed by atoms with Gasteiger partial charge in [0.1, 0.15) is 5.75 Å². The van der Waals surface area contributed by atoms with Crippen molar-refractivity contribution in [2.45, 2.75) is 0 Å². The van der Waals surface area contributed by atoms with Crippen molar-refractivity contribution in [3.8, 4) is 17.6 Å². The van der Waals surface area contributed by atoms with Gasteiger partial charge in [-0.25, -0.2) is 8.42 Å². The van der Waals surface area contributed by atoms with Crippen LogP contribution in [0.25, 0.3) is 0 Å². The molecule has 2 aromatic rings. The molecule has 0 bridgehead atoms. The molecule has 0 amide bonds. The second-order valence-corrected chi connectivity index (χ2v) is 7.76. The third-order valence-electron chi connectivity index (χ3n) is 4.24. The minimum Gasteiger partial charge on any atom is -0.497 e. The molecule has 0 aliphatic carbocycles. The highest BCUT2D eigenvalue weighted by atomic mass is 32.2. The summed E-state index contributed by atoms with van der Waals surface area (Å²) in [7, 11) is -1.83. The molecule has 1 aromatic heterocycles. The van der Waals surface area contributed by atoms with Crippen LogP contribution >= 0.6 is 0 Å². The van der Waals surface area contributed by atoms with Gasteiger partial charge in [-0.15, -0.1) is 0 Å². The highest BCUT2D eigenvalue weighted by molar-refractivity contribution is 7.92. The summed E-state index contributed by atoms with van der Waals surface area (Å²) in [5.74, 6) is 6.40. The van der Waals surface area contributed by atoms with Gasteiger partial charge in [-0.1, -0.05) is 11.8 Å². The first-order valence-electron chi connectivity index (χ1n) is 8.56. The van der Waals surface area contributed by atoms with E-state index < -0.39 is 10.0 Å². The monoisotopic (exact) mass is 383 g/mol. The molecule has 0 radical (unpaired) electrons. The van der Waals surface area contributed by atoms with Gasteiger partial charge >= 0.3 is 0 Å². The predicted octanol–water partition coefficient (Wildman–Crippen LogP) is 2.11. The maximum Gasteiger partial charge on any atom is 0.236 e. The van der Waals surface area contributed by atoms with Crippen LogP contribution in [0.2, 0.25) is 0 Å². The van der Waals surface area contributed by atoms with Gasteiger partial charge in [0.05, 0.1) is 12.5 Å². The van der Waals surface area contributed by atoms with Crippen molar-refractivity contribution in [2.24, 2.45) is 0 Å². The van der Waals surface area contributed by atoms with E-state index >= 15 is 0 Å². The average Bonchev–Trinajstić information content (AvgIpc) is 2.72. The zero-order valence-corrected chi connectivity index (χ0v) is 15.9. The van der Waals surface area contributed by atoms with Gasteiger partial charge in [0.2, 0.25) is 10.0 Å². The van der Waals surface area contributed by atoms with Gasteiger partial charge in [-0.2, -0.15) is 4.31 Å². The van der Waals surface area contributed by atoms with Crippen LogP contribution in [0, 0.1) is 11.8 Å². The van der Waals surface area contributed by atoms with Gasteiger partial charge in [0.25, 0.3) is 0 Å². The molecule has 0 spiro atoms. The lowest BCUT2D eigenvalue weighted by molar-refractivity contribution is 0.389. The normalized spacial score (nSPS) is 15.4. The molecule has 3 rings (SSSR count). The minimum absolute atomic E-state index is 0.439. The van der Waals surface area contributed by atoms with Crippen LogP contribution in [0.3, 0.4) is 0 Å². The fourth-order valence-corrected chi connectivity index (χ4v) is 3.85. The van der Waals surface area contributed by atoms with E-state index in [0.717, 1.165) is 17.0 Å². The Morgan fingerprint density at radius 3 is 2.48 bits per heavy atom. The Hall–Kier alpha value is -2.82. The van der Waals surface area contributed by atoms with Crippen molar-refractivity contribution in [1.82, 2.24) is 9.29 Å². The Balaban J connectivity index is 1.57. The Kier molecular flexibility index (Phi) is 6.12. The fraction of sp³-hybridized carbons (Fsp3) is 0.250. The number of pyridine rings is 1. The van der Waals surface area contributed by atoms with Gasteiger partial charge in [-0.05, 0) is 36.4 Å². The molecule has 7 heteroatoms. The predicted molar refractivity (Wildman–Crippen MR) is 106 cm³/mol. The molecule has 6 nitrogen and oxygen atoms in total. The number of ether oxygens (including phenoxy) is 1. The molecule has 0 unspecified atom stereocenters. The van der Waals surface area contributed by atoms with E-state index in [0.29, 0.717) is 26.2 Å². The van der Waals surface area contributed by atoms with Crippen molar-refractivity contribution < 1.29 is 13.2 Å². The number of hydrogen-bond acceptors (Lipinski definition) is 5. The molecule has 0 atom stereocenters. The molecule has 0 N–H and O–H groups in total. The van der Waals surface area contributed by atoms with Gasteiger partial charge in [-0.3, -0.25) is 4.98 Å². The molecule has 0 saturated carbocycles. The van der Waals surface area contributed by atoms with Crippen LogP contribution in [0.5, 0.6) is 5.75 Å². The lowest BCUT2D eigenvalue weighted by Gasteiger charge is -2.34. The smallest absolute Gasteiger partial charge is 0.236 e. The number of anilines is 1. The maximum atomic E-state index is 12.4. The molecule has 27 heavy (non-hydrogen) atoms. The van der Waals surface area contributed by atoms with E-state index in [2.05, 4.69) is 21.7 Å². The topological polar surface area (TPSA) is 62.7 Å². The van der Waals surface area contributed by atoms with E-state index in [4.69, 9.17) is 4.74 Å². The van der Waals surface area contributed by atoms with Crippen LogP contribution in [-0.4, -0.2) is 51.0 Å². The first-order chi connectivity index (χ1) is 13.1. The number of rotatable bonds is 4. The maximum absolute atomic E-state index is 12.4. The SMILES string of the molecule is COc1ccc(N2CCN(S(=O)(=O)/C=C/C#Cc3cccnc3)CC2)cc1. The third-order valence-corrected chi connectivity index (χ3v) is 5.80. The molecular formula is C20H21N3O3S. The summed E-state index contributed by atoms with van der Waals surface area (Å²) in [5, 5.41) is 1.17. The van der Waals surface area contributed by atoms with Crippen LogP contribution < -0.4 is 9.64 Å². The van der Waals surface area contributed by atoms with E-state index in [1.54, 1.807) is 25.6 Å². The van der Waals surface area contributed by atoms with Crippen molar-refractivity contribution in [3.63, 3.8) is 0 Å². The summed E-state index contributed by atoms with van der Waals surface area (Å²) in [6.07, 6.45) is 4.67. The lowest BCUT2D eigenvalue weighted by Crippen LogP contribution is -2.48. The molecule has 1 aromatic carbocycles. The molecule has 140 valence electrons. The van der Waals surface area contributed by atoms with Crippen molar-refractivity contribution in [1.29, 1.82) is 0 Å². The summed E-state index contributed by atoms with van der Waals surface area (Å²) < 4.78 is 31.5. The largest absolute Gasteiger partial charge is 0.497 e. The number of aromatic nitrogens is 1. The summed E-state index contributed by atoms with van der Waals surface area (Å²) >= 11 is 0. The summed E-state index contributed by atoms with van der Waals surface area (Å²) in [6.45, 7) is 2.16. The van der Waals surface area contributed by atoms with E-state index in [9.17, 15) is 8.42 Å². The number of hydrogen-bond donors (Lipinski definition) is 0. The lowest BCUT2D eigenvalue weighted by atomic mass is 10.2. The fourth-order valence-electron chi connectivity index (χ4n) is 2.76. The zero-order chi connectivity index (χ0) is 19.1. The van der Waals surface area contributed by atoms with Gasteiger partial charge in [0.15, 0.2) is 0 Å². The van der Waals surface area contributed by atoms with Crippen molar-refractivity contribution in [2.75, 3.05) is 38.2 Å². The Morgan fingerprint density at radius 2 is 1.85 bits per heavy atom. The van der Waals surface area contributed by atoms with E-state index in [1.165, 1.54) is 15.8 Å². The highest BCUT2D eigenvalue weighted by Crippen LogP contribution is 2.21. The Labute approximate surface area is 160 Å². The van der Waals surface area contributed by atoms with Gasteiger partial charge < -0.3 is 9.64 Å². The molecule has 1 fully saturated rings. The van der Waals surface area contributed by atoms with E-state index in [1.807, 2.05) is 30.3 Å². The van der Waals surface area contributed by atoms with Crippen LogP contribution in [0.15, 0.2) is 60.3 Å². The first-order valence-corrected chi connectivity index (χ1v) is 10.1. The molecule has 1 aliphatic rings. The number of nitrogens with zero attached hydrogens (tertiary/aromatic N) is 3. The first kappa shape index (κ1) is 19.0. The molecular weight excluding hydrogens is 362 g/mol. The van der Waals surface area contributed by atoms with Gasteiger partial charge in [0, 0.05) is 55.9 Å². The average molecular weight is 383 g/mol. The second kappa shape index (κ2) is 8.71. The van der Waals surface area contributed by atoms with Crippen LogP contribution in [-0.2, 0) is 10.0 Å². The number of methoxy groups -OCH3 is 1. The summed E-state index contributed by atoms with van der Waals surface area (Å²) in [5.41, 5.74) is 1.80. The Morgan fingerprint density at radius 1 is 1.11 bits per heavy atom. The number of allylic oxidation sites excluding steroid dienone is 1. The van der Waals surface area contributed by atoms with Crippen molar-refractivity contribution >= 4 is 15.7 Å². The number of benzene rings is 1.